The zero-order valence-corrected chi connectivity index (χ0v) is 20.1. The summed E-state index contributed by atoms with van der Waals surface area (Å²) in [7, 11) is 0. The van der Waals surface area contributed by atoms with E-state index in [2.05, 4.69) is 27.7 Å². The Hall–Kier alpha value is -0.900. The third kappa shape index (κ3) is 18.8. The highest BCUT2D eigenvalue weighted by molar-refractivity contribution is 4.95. The van der Waals surface area contributed by atoms with E-state index in [1.165, 1.54) is 64.2 Å². The Balaban J connectivity index is 4.46. The molecule has 0 aromatic carbocycles. The van der Waals surface area contributed by atoms with Gasteiger partial charge in [0.05, 0.1) is 19.8 Å². The van der Waals surface area contributed by atoms with Gasteiger partial charge in [0.25, 0.3) is 0 Å². The molecule has 0 bridgehead atoms. The van der Waals surface area contributed by atoms with Crippen molar-refractivity contribution in [3.05, 3.63) is 11.7 Å². The van der Waals surface area contributed by atoms with Crippen LogP contribution in [0.4, 0.5) is 0 Å². The van der Waals surface area contributed by atoms with Crippen molar-refractivity contribution in [2.45, 2.75) is 124 Å². The second kappa shape index (κ2) is 23.4. The number of rotatable bonds is 23. The number of unbranched alkanes of at least 4 members (excludes halogenated alkanes) is 10. The van der Waals surface area contributed by atoms with Gasteiger partial charge in [0.2, 0.25) is 0 Å². The second-order valence-electron chi connectivity index (χ2n) is 7.86. The standard InChI is InChI=1S/C25H50O4/c1-5-9-12-15-16-20-26-23-29-25(28-22-18-14-11-7-3)24(19-8-4)27-21-17-13-10-6-2/h5-23H2,1-4H3. The quantitative estimate of drug-likeness (QED) is 0.0961. The second-order valence-corrected chi connectivity index (χ2v) is 7.86. The average molecular weight is 415 g/mol. The number of ether oxygens (including phenoxy) is 4. The van der Waals surface area contributed by atoms with Gasteiger partial charge in [0, 0.05) is 6.42 Å². The monoisotopic (exact) mass is 414 g/mol. The molecular weight excluding hydrogens is 364 g/mol. The molecule has 4 heteroatoms. The van der Waals surface area contributed by atoms with Crippen LogP contribution in [0.5, 0.6) is 0 Å². The van der Waals surface area contributed by atoms with Crippen LogP contribution in [0.15, 0.2) is 11.7 Å². The van der Waals surface area contributed by atoms with Crippen LogP contribution in [-0.2, 0) is 18.9 Å². The van der Waals surface area contributed by atoms with Crippen LogP contribution in [0.1, 0.15) is 124 Å². The summed E-state index contributed by atoms with van der Waals surface area (Å²) in [6.45, 7) is 11.2. The molecule has 0 aromatic heterocycles. The van der Waals surface area contributed by atoms with E-state index in [0.29, 0.717) is 12.6 Å². The van der Waals surface area contributed by atoms with Crippen LogP contribution in [-0.4, -0.2) is 26.6 Å². The minimum absolute atomic E-state index is 0.241. The molecule has 0 saturated carbocycles. The Kier molecular flexibility index (Phi) is 22.7. The number of hydrogen-bond acceptors (Lipinski definition) is 4. The lowest BCUT2D eigenvalue weighted by atomic mass is 10.2. The van der Waals surface area contributed by atoms with E-state index >= 15 is 0 Å². The van der Waals surface area contributed by atoms with Crippen LogP contribution >= 0.6 is 0 Å². The predicted molar refractivity (Wildman–Crippen MR) is 123 cm³/mol. The summed E-state index contributed by atoms with van der Waals surface area (Å²) >= 11 is 0. The molecule has 0 aliphatic carbocycles. The molecule has 0 aliphatic heterocycles. The van der Waals surface area contributed by atoms with E-state index < -0.39 is 0 Å². The fourth-order valence-corrected chi connectivity index (χ4v) is 3.04. The molecule has 0 unspecified atom stereocenters. The van der Waals surface area contributed by atoms with Gasteiger partial charge in [-0.3, -0.25) is 0 Å². The molecule has 174 valence electrons. The largest absolute Gasteiger partial charge is 0.491 e. The molecule has 0 atom stereocenters. The minimum atomic E-state index is 0.241. The van der Waals surface area contributed by atoms with Crippen molar-refractivity contribution < 1.29 is 18.9 Å². The summed E-state index contributed by atoms with van der Waals surface area (Å²) in [5.74, 6) is 1.40. The predicted octanol–water partition coefficient (Wildman–Crippen LogP) is 8.11. The highest BCUT2D eigenvalue weighted by atomic mass is 16.7. The average Bonchev–Trinajstić information content (AvgIpc) is 2.73. The van der Waals surface area contributed by atoms with E-state index in [1.807, 2.05) is 0 Å². The van der Waals surface area contributed by atoms with Gasteiger partial charge in [-0.1, -0.05) is 91.9 Å². The molecule has 0 amide bonds. The van der Waals surface area contributed by atoms with Gasteiger partial charge in [-0.15, -0.1) is 0 Å². The first kappa shape index (κ1) is 28.1. The van der Waals surface area contributed by atoms with Crippen molar-refractivity contribution in [3.63, 3.8) is 0 Å². The lowest BCUT2D eigenvalue weighted by Crippen LogP contribution is -2.10. The summed E-state index contributed by atoms with van der Waals surface area (Å²) in [4.78, 5) is 0. The van der Waals surface area contributed by atoms with Gasteiger partial charge in [-0.05, 0) is 25.7 Å². The molecule has 0 spiro atoms. The minimum Gasteiger partial charge on any atom is -0.491 e. The molecule has 0 aliphatic rings. The highest BCUT2D eigenvalue weighted by Crippen LogP contribution is 2.18. The Labute approximate surface area is 181 Å². The molecule has 4 nitrogen and oxygen atoms in total. The molecule has 0 rings (SSSR count). The third-order valence-electron chi connectivity index (χ3n) is 4.88. The molecule has 0 aromatic rings. The summed E-state index contributed by atoms with van der Waals surface area (Å²) in [5.41, 5.74) is 0. The Morgan fingerprint density at radius 1 is 0.483 bits per heavy atom. The summed E-state index contributed by atoms with van der Waals surface area (Å²) < 4.78 is 23.6. The van der Waals surface area contributed by atoms with Crippen LogP contribution in [0.3, 0.4) is 0 Å². The molecule has 0 fully saturated rings. The SMILES string of the molecule is CCCCCCCOCOC(OCCCCCC)=C(CCC)OCCCCCC. The van der Waals surface area contributed by atoms with Crippen molar-refractivity contribution in [1.82, 2.24) is 0 Å². The fraction of sp³-hybridized carbons (Fsp3) is 0.920. The lowest BCUT2D eigenvalue weighted by Gasteiger charge is -2.17. The smallest absolute Gasteiger partial charge is 0.321 e. The zero-order chi connectivity index (χ0) is 21.4. The van der Waals surface area contributed by atoms with Crippen molar-refractivity contribution in [2.75, 3.05) is 26.6 Å². The molecule has 0 saturated heterocycles. The molecular formula is C25H50O4. The van der Waals surface area contributed by atoms with Gasteiger partial charge in [-0.25, -0.2) is 0 Å². The van der Waals surface area contributed by atoms with E-state index in [4.69, 9.17) is 18.9 Å². The van der Waals surface area contributed by atoms with Crippen molar-refractivity contribution in [1.29, 1.82) is 0 Å². The fourth-order valence-electron chi connectivity index (χ4n) is 3.04. The molecule has 0 N–H and O–H groups in total. The highest BCUT2D eigenvalue weighted by Gasteiger charge is 2.12. The lowest BCUT2D eigenvalue weighted by molar-refractivity contribution is -0.0845. The maximum atomic E-state index is 6.07. The van der Waals surface area contributed by atoms with Gasteiger partial charge in [0.15, 0.2) is 12.6 Å². The number of allylic oxidation sites excluding steroid dienone is 1. The summed E-state index contributed by atoms with van der Waals surface area (Å²) in [6.07, 6.45) is 17.6. The van der Waals surface area contributed by atoms with E-state index in [1.54, 1.807) is 0 Å². The van der Waals surface area contributed by atoms with Gasteiger partial charge in [0.1, 0.15) is 0 Å². The zero-order valence-electron chi connectivity index (χ0n) is 20.1. The van der Waals surface area contributed by atoms with Crippen LogP contribution in [0.25, 0.3) is 0 Å². The Morgan fingerprint density at radius 2 is 1.00 bits per heavy atom. The summed E-state index contributed by atoms with van der Waals surface area (Å²) in [6, 6.07) is 0. The maximum absolute atomic E-state index is 6.07. The van der Waals surface area contributed by atoms with Gasteiger partial charge < -0.3 is 18.9 Å². The third-order valence-corrected chi connectivity index (χ3v) is 4.88. The first-order valence-corrected chi connectivity index (χ1v) is 12.5. The van der Waals surface area contributed by atoms with E-state index in [0.717, 1.165) is 51.1 Å². The number of hydrogen-bond donors (Lipinski definition) is 0. The van der Waals surface area contributed by atoms with E-state index in [-0.39, 0.29) is 6.79 Å². The van der Waals surface area contributed by atoms with Crippen LogP contribution in [0, 0.1) is 0 Å². The first-order chi connectivity index (χ1) is 14.3. The Bertz CT molecular complexity index is 355. The van der Waals surface area contributed by atoms with Crippen molar-refractivity contribution in [2.24, 2.45) is 0 Å². The summed E-state index contributed by atoms with van der Waals surface area (Å²) in [5, 5.41) is 0. The van der Waals surface area contributed by atoms with Gasteiger partial charge >= 0.3 is 5.95 Å². The van der Waals surface area contributed by atoms with Crippen molar-refractivity contribution in [3.8, 4) is 0 Å². The van der Waals surface area contributed by atoms with Crippen molar-refractivity contribution >= 4 is 0 Å². The Morgan fingerprint density at radius 3 is 1.59 bits per heavy atom. The van der Waals surface area contributed by atoms with E-state index in [9.17, 15) is 0 Å². The normalized spacial score (nSPS) is 12.0. The molecule has 29 heavy (non-hydrogen) atoms. The topological polar surface area (TPSA) is 36.9 Å². The van der Waals surface area contributed by atoms with Gasteiger partial charge in [-0.2, -0.15) is 0 Å². The maximum Gasteiger partial charge on any atom is 0.321 e. The molecule has 0 radical (unpaired) electrons. The molecule has 0 heterocycles. The first-order valence-electron chi connectivity index (χ1n) is 12.5. The van der Waals surface area contributed by atoms with Crippen LogP contribution in [0.2, 0.25) is 0 Å². The van der Waals surface area contributed by atoms with Crippen LogP contribution < -0.4 is 0 Å².